The highest BCUT2D eigenvalue weighted by atomic mass is 16.4. The molecule has 0 unspecified atom stereocenters. The zero-order chi connectivity index (χ0) is 19.6. The van der Waals surface area contributed by atoms with Gasteiger partial charge in [-0.05, 0) is 56.7 Å². The molecule has 0 radical (unpaired) electrons. The maximum Gasteiger partial charge on any atom is 0.325 e. The smallest absolute Gasteiger partial charge is 0.325 e. The largest absolute Gasteiger partial charge is 0.480 e. The number of nitrogens with zero attached hydrogens (tertiary/aromatic N) is 1. The van der Waals surface area contributed by atoms with E-state index in [1.807, 2.05) is 23.1 Å². The molecule has 1 aliphatic heterocycles. The van der Waals surface area contributed by atoms with E-state index in [9.17, 15) is 14.4 Å². The van der Waals surface area contributed by atoms with Gasteiger partial charge in [-0.3, -0.25) is 14.4 Å². The van der Waals surface area contributed by atoms with E-state index in [0.29, 0.717) is 12.0 Å². The van der Waals surface area contributed by atoms with Gasteiger partial charge in [-0.1, -0.05) is 24.3 Å². The minimum absolute atomic E-state index is 0.245. The predicted molar refractivity (Wildman–Crippen MR) is 104 cm³/mol. The molecule has 1 aliphatic rings. The number of carbonyl (C=O) groups is 3. The van der Waals surface area contributed by atoms with E-state index < -0.39 is 17.9 Å². The van der Waals surface area contributed by atoms with Gasteiger partial charge in [0.1, 0.15) is 6.04 Å². The first-order valence-electron chi connectivity index (χ1n) is 9.55. The summed E-state index contributed by atoms with van der Waals surface area (Å²) in [4.78, 5) is 37.0. The fourth-order valence-corrected chi connectivity index (χ4v) is 3.02. The number of carbonyl (C=O) groups excluding carboxylic acids is 2. The van der Waals surface area contributed by atoms with Gasteiger partial charge in [-0.2, -0.15) is 0 Å². The number of carboxylic acid groups (broad SMARTS) is 1. The fraction of sp³-hybridized carbons (Fsp3) is 0.476. The molecule has 27 heavy (non-hydrogen) atoms. The van der Waals surface area contributed by atoms with Gasteiger partial charge in [0.25, 0.3) is 5.91 Å². The molecule has 146 valence electrons. The summed E-state index contributed by atoms with van der Waals surface area (Å²) in [5.41, 5.74) is 1.29. The second-order valence-electron chi connectivity index (χ2n) is 6.89. The molecule has 0 spiro atoms. The lowest BCUT2D eigenvalue weighted by Crippen LogP contribution is -2.38. The monoisotopic (exact) mass is 372 g/mol. The van der Waals surface area contributed by atoms with Crippen LogP contribution in [0.2, 0.25) is 0 Å². The van der Waals surface area contributed by atoms with Crippen LogP contribution in [0.15, 0.2) is 30.3 Å². The Bertz CT molecular complexity index is 693. The highest BCUT2D eigenvalue weighted by molar-refractivity contribution is 5.96. The van der Waals surface area contributed by atoms with Crippen molar-refractivity contribution in [2.75, 3.05) is 13.1 Å². The Hall–Kier alpha value is -2.63. The summed E-state index contributed by atoms with van der Waals surface area (Å²) in [6, 6.07) is 6.08. The number of aliphatic carboxylic acids is 1. The van der Waals surface area contributed by atoms with Crippen molar-refractivity contribution in [2.24, 2.45) is 0 Å². The number of likely N-dealkylation sites (tertiary alicyclic amines) is 1. The van der Waals surface area contributed by atoms with Gasteiger partial charge in [-0.25, -0.2) is 0 Å². The maximum atomic E-state index is 12.1. The van der Waals surface area contributed by atoms with Crippen molar-refractivity contribution >= 4 is 23.9 Å². The summed E-state index contributed by atoms with van der Waals surface area (Å²) in [7, 11) is 0. The Morgan fingerprint density at radius 3 is 2.67 bits per heavy atom. The molecule has 2 N–H and O–H groups in total. The first-order chi connectivity index (χ1) is 13.0. The van der Waals surface area contributed by atoms with E-state index in [1.54, 1.807) is 18.2 Å². The number of amides is 2. The number of unbranched alkanes of at least 4 members (excludes halogenated alkanes) is 1. The highest BCUT2D eigenvalue weighted by Gasteiger charge is 2.16. The van der Waals surface area contributed by atoms with Gasteiger partial charge in [-0.15, -0.1) is 0 Å². The normalized spacial score (nSPS) is 15.5. The summed E-state index contributed by atoms with van der Waals surface area (Å²) in [6.07, 6.45) is 9.54. The van der Waals surface area contributed by atoms with E-state index in [2.05, 4.69) is 5.32 Å². The lowest BCUT2D eigenvalue weighted by Gasteiger charge is -2.26. The lowest BCUT2D eigenvalue weighted by atomic mass is 10.1. The molecule has 1 fully saturated rings. The lowest BCUT2D eigenvalue weighted by molar-refractivity contribution is -0.138. The third-order valence-electron chi connectivity index (χ3n) is 4.65. The topological polar surface area (TPSA) is 86.7 Å². The summed E-state index contributed by atoms with van der Waals surface area (Å²) in [6.45, 7) is 3.21. The Morgan fingerprint density at radius 1 is 1.22 bits per heavy atom. The van der Waals surface area contributed by atoms with Crippen molar-refractivity contribution in [3.8, 4) is 0 Å². The standard InChI is InChI=1S/C21H28N2O4/c1-16(21(26)27)22-20(25)18-11-8-10-17(15-18)9-4-2-5-12-19(24)23-13-6-3-7-14-23/h4,8-11,15-16H,2-3,5-7,12-14H2,1H3,(H,22,25)(H,26,27)/b9-4-/t16-/m1/s1. The Kier molecular flexibility index (Phi) is 8.04. The van der Waals surface area contributed by atoms with Crippen molar-refractivity contribution in [1.82, 2.24) is 10.2 Å². The first kappa shape index (κ1) is 20.7. The van der Waals surface area contributed by atoms with Crippen molar-refractivity contribution in [1.29, 1.82) is 0 Å². The SMILES string of the molecule is C[C@@H](NC(=O)c1cccc(/C=C\CCCC(=O)N2CCCCC2)c1)C(=O)O. The van der Waals surface area contributed by atoms with Gasteiger partial charge in [0, 0.05) is 25.1 Å². The molecule has 6 nitrogen and oxygen atoms in total. The Morgan fingerprint density at radius 2 is 1.96 bits per heavy atom. The van der Waals surface area contributed by atoms with Crippen LogP contribution in [0.1, 0.15) is 61.4 Å². The molecule has 6 heteroatoms. The number of benzene rings is 1. The van der Waals surface area contributed by atoms with E-state index in [1.165, 1.54) is 13.3 Å². The van der Waals surface area contributed by atoms with Gasteiger partial charge in [0.05, 0.1) is 0 Å². The molecule has 1 aromatic rings. The van der Waals surface area contributed by atoms with Gasteiger partial charge >= 0.3 is 5.97 Å². The molecule has 1 aromatic carbocycles. The molecule has 0 bridgehead atoms. The van der Waals surface area contributed by atoms with E-state index in [4.69, 9.17) is 5.11 Å². The highest BCUT2D eigenvalue weighted by Crippen LogP contribution is 2.12. The van der Waals surface area contributed by atoms with Crippen LogP contribution in [0.5, 0.6) is 0 Å². The maximum absolute atomic E-state index is 12.1. The first-order valence-corrected chi connectivity index (χ1v) is 9.55. The van der Waals surface area contributed by atoms with Crippen LogP contribution in [0, 0.1) is 0 Å². The second kappa shape index (κ2) is 10.5. The van der Waals surface area contributed by atoms with Crippen LogP contribution in [0.25, 0.3) is 6.08 Å². The number of nitrogens with one attached hydrogen (secondary N) is 1. The summed E-state index contributed by atoms with van der Waals surface area (Å²) < 4.78 is 0. The predicted octanol–water partition coefficient (Wildman–Crippen LogP) is 3.09. The van der Waals surface area contributed by atoms with Crippen molar-refractivity contribution < 1.29 is 19.5 Å². The van der Waals surface area contributed by atoms with Gasteiger partial charge in [0.2, 0.25) is 5.91 Å². The molecular formula is C21H28N2O4. The molecule has 0 saturated carbocycles. The molecule has 2 rings (SSSR count). The van der Waals surface area contributed by atoms with Crippen molar-refractivity contribution in [3.05, 3.63) is 41.5 Å². The van der Waals surface area contributed by atoms with Crippen molar-refractivity contribution in [3.63, 3.8) is 0 Å². The average Bonchev–Trinajstić information content (AvgIpc) is 2.68. The average molecular weight is 372 g/mol. The quantitative estimate of drug-likeness (QED) is 0.687. The summed E-state index contributed by atoms with van der Waals surface area (Å²) in [5, 5.41) is 11.3. The van der Waals surface area contributed by atoms with E-state index >= 15 is 0 Å². The minimum atomic E-state index is -1.07. The van der Waals surface area contributed by atoms with Crippen LogP contribution in [0.4, 0.5) is 0 Å². The van der Waals surface area contributed by atoms with Crippen LogP contribution < -0.4 is 5.32 Å². The Labute approximate surface area is 160 Å². The van der Waals surface area contributed by atoms with Crippen LogP contribution in [-0.4, -0.2) is 46.9 Å². The van der Waals surface area contributed by atoms with Gasteiger partial charge < -0.3 is 15.3 Å². The van der Waals surface area contributed by atoms with Crippen molar-refractivity contribution in [2.45, 2.75) is 51.5 Å². The summed E-state index contributed by atoms with van der Waals surface area (Å²) >= 11 is 0. The van der Waals surface area contributed by atoms with Crippen LogP contribution in [0.3, 0.4) is 0 Å². The van der Waals surface area contributed by atoms with E-state index in [0.717, 1.165) is 44.3 Å². The number of hydrogen-bond acceptors (Lipinski definition) is 3. The molecule has 1 atom stereocenters. The Balaban J connectivity index is 1.78. The fourth-order valence-electron chi connectivity index (χ4n) is 3.02. The number of piperidine rings is 1. The third kappa shape index (κ3) is 6.89. The molecule has 0 aliphatic carbocycles. The molecule has 1 heterocycles. The molecule has 0 aromatic heterocycles. The molecule has 1 saturated heterocycles. The second-order valence-corrected chi connectivity index (χ2v) is 6.89. The minimum Gasteiger partial charge on any atom is -0.480 e. The number of hydrogen-bond donors (Lipinski definition) is 2. The third-order valence-corrected chi connectivity index (χ3v) is 4.65. The zero-order valence-electron chi connectivity index (χ0n) is 15.8. The zero-order valence-corrected chi connectivity index (χ0v) is 15.8. The van der Waals surface area contributed by atoms with Crippen LogP contribution >= 0.6 is 0 Å². The number of rotatable bonds is 8. The molecular weight excluding hydrogens is 344 g/mol. The number of allylic oxidation sites excluding steroid dienone is 1. The van der Waals surface area contributed by atoms with Crippen LogP contribution in [-0.2, 0) is 9.59 Å². The van der Waals surface area contributed by atoms with E-state index in [-0.39, 0.29) is 5.91 Å². The van der Waals surface area contributed by atoms with Gasteiger partial charge in [0.15, 0.2) is 0 Å². The molecule has 2 amide bonds. The summed E-state index contributed by atoms with van der Waals surface area (Å²) in [5.74, 6) is -1.24. The number of carboxylic acids is 1.